The standard InChI is InChI=1S/C19H29FN2O4/c1-3-17(23)12-21-8-11-26-18(13-21)14-22(9-10-25-2)19(24)15-4-6-16(20)7-5-15/h4-7,17-18,23H,3,8-14H2,1-2H3/t17-,18+/m1/s1. The maximum absolute atomic E-state index is 13.1. The third-order valence-corrected chi connectivity index (χ3v) is 4.53. The van der Waals surface area contributed by atoms with E-state index in [0.29, 0.717) is 51.4 Å². The Morgan fingerprint density at radius 1 is 1.46 bits per heavy atom. The summed E-state index contributed by atoms with van der Waals surface area (Å²) in [5, 5.41) is 9.86. The summed E-state index contributed by atoms with van der Waals surface area (Å²) in [5.41, 5.74) is 0.441. The summed E-state index contributed by atoms with van der Waals surface area (Å²) in [4.78, 5) is 16.6. The molecule has 1 saturated heterocycles. The number of hydrogen-bond acceptors (Lipinski definition) is 5. The smallest absolute Gasteiger partial charge is 0.254 e. The number of nitrogens with zero attached hydrogens (tertiary/aromatic N) is 2. The minimum atomic E-state index is -0.370. The van der Waals surface area contributed by atoms with Crippen LogP contribution >= 0.6 is 0 Å². The number of carbonyl (C=O) groups excluding carboxylic acids is 1. The van der Waals surface area contributed by atoms with Crippen LogP contribution in [0.25, 0.3) is 0 Å². The van der Waals surface area contributed by atoms with Gasteiger partial charge in [0.2, 0.25) is 0 Å². The van der Waals surface area contributed by atoms with Crippen LogP contribution in [0.1, 0.15) is 23.7 Å². The number of methoxy groups -OCH3 is 1. The van der Waals surface area contributed by atoms with Gasteiger partial charge in [-0.1, -0.05) is 6.92 Å². The molecule has 6 nitrogen and oxygen atoms in total. The first-order valence-corrected chi connectivity index (χ1v) is 9.09. The minimum absolute atomic E-state index is 0.130. The van der Waals surface area contributed by atoms with E-state index in [-0.39, 0.29) is 23.9 Å². The second kappa shape index (κ2) is 10.6. The quantitative estimate of drug-likeness (QED) is 0.714. The molecule has 1 heterocycles. The second-order valence-corrected chi connectivity index (χ2v) is 6.57. The Morgan fingerprint density at radius 3 is 2.85 bits per heavy atom. The van der Waals surface area contributed by atoms with E-state index in [2.05, 4.69) is 4.90 Å². The molecule has 146 valence electrons. The van der Waals surface area contributed by atoms with Gasteiger partial charge in [0.05, 0.1) is 25.4 Å². The average molecular weight is 368 g/mol. The molecule has 2 atom stereocenters. The normalized spacial score (nSPS) is 19.3. The summed E-state index contributed by atoms with van der Waals surface area (Å²) in [6, 6.07) is 5.55. The van der Waals surface area contributed by atoms with E-state index >= 15 is 0 Å². The van der Waals surface area contributed by atoms with Gasteiger partial charge in [-0.15, -0.1) is 0 Å². The predicted octanol–water partition coefficient (Wildman–Crippen LogP) is 1.39. The van der Waals surface area contributed by atoms with Crippen LogP contribution in [0.5, 0.6) is 0 Å². The van der Waals surface area contributed by atoms with Gasteiger partial charge in [0, 0.05) is 45.4 Å². The zero-order valence-electron chi connectivity index (χ0n) is 15.6. The highest BCUT2D eigenvalue weighted by Gasteiger charge is 2.26. The van der Waals surface area contributed by atoms with Gasteiger partial charge in [0.15, 0.2) is 0 Å². The summed E-state index contributed by atoms with van der Waals surface area (Å²) >= 11 is 0. The van der Waals surface area contributed by atoms with Crippen LogP contribution in [0, 0.1) is 5.82 Å². The molecule has 0 bridgehead atoms. The van der Waals surface area contributed by atoms with Crippen LogP contribution in [0.3, 0.4) is 0 Å². The Kier molecular flexibility index (Phi) is 8.44. The van der Waals surface area contributed by atoms with Crippen molar-refractivity contribution in [3.8, 4) is 0 Å². The average Bonchev–Trinajstić information content (AvgIpc) is 2.65. The molecule has 26 heavy (non-hydrogen) atoms. The first-order chi connectivity index (χ1) is 12.5. The Morgan fingerprint density at radius 2 is 2.19 bits per heavy atom. The lowest BCUT2D eigenvalue weighted by Gasteiger charge is -2.36. The molecule has 0 saturated carbocycles. The number of morpholine rings is 1. The molecule has 1 aromatic rings. The van der Waals surface area contributed by atoms with Crippen molar-refractivity contribution < 1.29 is 23.8 Å². The van der Waals surface area contributed by atoms with Crippen molar-refractivity contribution in [3.63, 3.8) is 0 Å². The number of aliphatic hydroxyl groups excluding tert-OH is 1. The van der Waals surface area contributed by atoms with Crippen LogP contribution < -0.4 is 0 Å². The molecular weight excluding hydrogens is 339 g/mol. The molecule has 1 N–H and O–H groups in total. The number of aliphatic hydroxyl groups is 1. The fourth-order valence-corrected chi connectivity index (χ4v) is 2.98. The third kappa shape index (κ3) is 6.32. The summed E-state index contributed by atoms with van der Waals surface area (Å²) in [7, 11) is 1.59. The summed E-state index contributed by atoms with van der Waals surface area (Å²) < 4.78 is 24.0. The molecule has 1 aromatic carbocycles. The Hall–Kier alpha value is -1.54. The number of benzene rings is 1. The summed E-state index contributed by atoms with van der Waals surface area (Å²) in [6.45, 7) is 5.86. The van der Waals surface area contributed by atoms with E-state index in [1.807, 2.05) is 6.92 Å². The van der Waals surface area contributed by atoms with Crippen molar-refractivity contribution in [1.29, 1.82) is 0 Å². The molecule has 1 aliphatic rings. The SMILES string of the molecule is CC[C@@H](O)CN1CCO[C@H](CN(CCOC)C(=O)c2ccc(F)cc2)C1. The molecule has 1 aliphatic heterocycles. The fraction of sp³-hybridized carbons (Fsp3) is 0.632. The van der Waals surface area contributed by atoms with E-state index in [4.69, 9.17) is 9.47 Å². The zero-order valence-corrected chi connectivity index (χ0v) is 15.6. The highest BCUT2D eigenvalue weighted by Crippen LogP contribution is 2.12. The predicted molar refractivity (Wildman–Crippen MR) is 96.7 cm³/mol. The van der Waals surface area contributed by atoms with E-state index in [9.17, 15) is 14.3 Å². The van der Waals surface area contributed by atoms with Crippen molar-refractivity contribution >= 4 is 5.91 Å². The van der Waals surface area contributed by atoms with Crippen LogP contribution in [0.2, 0.25) is 0 Å². The van der Waals surface area contributed by atoms with Gasteiger partial charge in [-0.3, -0.25) is 9.69 Å². The molecule has 0 unspecified atom stereocenters. The van der Waals surface area contributed by atoms with Gasteiger partial charge in [0.25, 0.3) is 5.91 Å². The monoisotopic (exact) mass is 368 g/mol. The Bertz CT molecular complexity index is 555. The molecule has 0 radical (unpaired) electrons. The van der Waals surface area contributed by atoms with E-state index in [1.165, 1.54) is 24.3 Å². The van der Waals surface area contributed by atoms with E-state index in [0.717, 1.165) is 6.54 Å². The number of halogens is 1. The topological polar surface area (TPSA) is 62.2 Å². The largest absolute Gasteiger partial charge is 0.392 e. The van der Waals surface area contributed by atoms with Crippen molar-refractivity contribution in [3.05, 3.63) is 35.6 Å². The summed E-state index contributed by atoms with van der Waals surface area (Å²) in [5.74, 6) is -0.540. The zero-order chi connectivity index (χ0) is 18.9. The van der Waals surface area contributed by atoms with Crippen molar-refractivity contribution in [1.82, 2.24) is 9.80 Å². The van der Waals surface area contributed by atoms with Gasteiger partial charge < -0.3 is 19.5 Å². The molecule has 0 aliphatic carbocycles. The van der Waals surface area contributed by atoms with Gasteiger partial charge in [-0.25, -0.2) is 4.39 Å². The van der Waals surface area contributed by atoms with Crippen LogP contribution in [-0.4, -0.2) is 86.1 Å². The lowest BCUT2D eigenvalue weighted by Crippen LogP contribution is -2.50. The highest BCUT2D eigenvalue weighted by atomic mass is 19.1. The molecular formula is C19H29FN2O4. The van der Waals surface area contributed by atoms with E-state index in [1.54, 1.807) is 12.0 Å². The second-order valence-electron chi connectivity index (χ2n) is 6.57. The first-order valence-electron chi connectivity index (χ1n) is 9.09. The van der Waals surface area contributed by atoms with Crippen LogP contribution in [0.15, 0.2) is 24.3 Å². The molecule has 1 fully saturated rings. The summed E-state index contributed by atoms with van der Waals surface area (Å²) in [6.07, 6.45) is 0.235. The Balaban J connectivity index is 1.99. The number of amides is 1. The molecule has 7 heteroatoms. The molecule has 0 spiro atoms. The fourth-order valence-electron chi connectivity index (χ4n) is 2.98. The molecule has 1 amide bonds. The number of β-amino-alcohol motifs (C(OH)–C–C–N with tert-alkyl or cyclic N) is 1. The highest BCUT2D eigenvalue weighted by molar-refractivity contribution is 5.94. The van der Waals surface area contributed by atoms with Crippen LogP contribution in [0.4, 0.5) is 4.39 Å². The minimum Gasteiger partial charge on any atom is -0.392 e. The molecule has 2 rings (SSSR count). The van der Waals surface area contributed by atoms with Crippen molar-refractivity contribution in [2.75, 3.05) is 53.0 Å². The van der Waals surface area contributed by atoms with Crippen molar-refractivity contribution in [2.45, 2.75) is 25.6 Å². The lowest BCUT2D eigenvalue weighted by molar-refractivity contribution is -0.0517. The molecule has 0 aromatic heterocycles. The third-order valence-electron chi connectivity index (χ3n) is 4.53. The van der Waals surface area contributed by atoms with E-state index < -0.39 is 0 Å². The van der Waals surface area contributed by atoms with Gasteiger partial charge in [0.1, 0.15) is 5.82 Å². The maximum atomic E-state index is 13.1. The van der Waals surface area contributed by atoms with Gasteiger partial charge >= 0.3 is 0 Å². The number of hydrogen-bond donors (Lipinski definition) is 1. The number of ether oxygens (including phenoxy) is 2. The van der Waals surface area contributed by atoms with Gasteiger partial charge in [-0.2, -0.15) is 0 Å². The van der Waals surface area contributed by atoms with Gasteiger partial charge in [-0.05, 0) is 30.7 Å². The first kappa shape index (κ1) is 20.8. The van der Waals surface area contributed by atoms with Crippen molar-refractivity contribution in [2.24, 2.45) is 0 Å². The van der Waals surface area contributed by atoms with Crippen LogP contribution in [-0.2, 0) is 9.47 Å². The lowest BCUT2D eigenvalue weighted by atomic mass is 10.1. The Labute approximate surface area is 154 Å². The number of rotatable bonds is 9. The maximum Gasteiger partial charge on any atom is 0.254 e. The number of carbonyl (C=O) groups is 1.